The van der Waals surface area contributed by atoms with E-state index in [4.69, 9.17) is 0 Å². The van der Waals surface area contributed by atoms with Crippen molar-refractivity contribution in [3.8, 4) is 5.75 Å². The van der Waals surface area contributed by atoms with Gasteiger partial charge >= 0.3 is 97.8 Å². The molecule has 0 radical (unpaired) electrons. The number of hydrogen-bond donors (Lipinski definition) is 0. The van der Waals surface area contributed by atoms with Crippen molar-refractivity contribution in [3.05, 3.63) is 73.8 Å². The first kappa shape index (κ1) is 30.3. The van der Waals surface area contributed by atoms with Gasteiger partial charge < -0.3 is 17.2 Å². The normalized spacial score (nSPS) is 15.0. The van der Waals surface area contributed by atoms with Crippen LogP contribution in [0.2, 0.25) is 0 Å². The fraction of sp³-hybridized carbons (Fsp3) is 0.464. The second-order valence-electron chi connectivity index (χ2n) is 10.4. The molecule has 2 aromatic carbocycles. The molecule has 0 unspecified atom stereocenters. The second-order valence-corrected chi connectivity index (χ2v) is 13.9. The maximum Gasteiger partial charge on any atom is -0.358 e. The zero-order chi connectivity index (χ0) is 23.9. The number of aliphatic hydroxyl groups is 1. The van der Waals surface area contributed by atoms with E-state index in [0.29, 0.717) is 19.3 Å². The summed E-state index contributed by atoms with van der Waals surface area (Å²) >= 11 is 2.76. The number of anilines is 1. The van der Waals surface area contributed by atoms with E-state index < -0.39 is 0 Å². The Morgan fingerprint density at radius 1 is 0.970 bits per heavy atom. The van der Waals surface area contributed by atoms with Crippen molar-refractivity contribution in [2.75, 3.05) is 18.0 Å². The Morgan fingerprint density at radius 3 is 2.12 bits per heavy atom. The molecule has 0 bridgehead atoms. The summed E-state index contributed by atoms with van der Waals surface area (Å²) in [6.45, 7) is 22.3. The van der Waals surface area contributed by atoms with Crippen LogP contribution in [-0.4, -0.2) is 39.0 Å². The molecule has 0 amide bonds. The van der Waals surface area contributed by atoms with Crippen molar-refractivity contribution in [1.82, 2.24) is 4.90 Å². The van der Waals surface area contributed by atoms with E-state index in [1.165, 1.54) is 16.8 Å². The number of ether oxygens (including phenoxy) is 1. The van der Waals surface area contributed by atoms with Crippen LogP contribution in [0.5, 0.6) is 5.75 Å². The van der Waals surface area contributed by atoms with Crippen LogP contribution < -0.4 is 4.90 Å². The van der Waals surface area contributed by atoms with Crippen LogP contribution in [0.4, 0.5) is 5.69 Å². The first-order valence-corrected chi connectivity index (χ1v) is 17.4. The van der Waals surface area contributed by atoms with Crippen molar-refractivity contribution < 1.29 is 17.9 Å². The van der Waals surface area contributed by atoms with E-state index in [2.05, 4.69) is 143 Å². The van der Waals surface area contributed by atoms with Crippen molar-refractivity contribution >= 4 is 30.0 Å². The Hall–Kier alpha value is -0.777. The predicted octanol–water partition coefficient (Wildman–Crippen LogP) is 7.39. The summed E-state index contributed by atoms with van der Waals surface area (Å²) in [4.78, 5) is 4.82. The van der Waals surface area contributed by atoms with Crippen LogP contribution in [0.15, 0.2) is 48.5 Å². The van der Waals surface area contributed by atoms with Crippen molar-refractivity contribution in [2.45, 2.75) is 72.4 Å². The minimum absolute atomic E-state index is 0. The number of nitrogens with zero attached hydrogens (tertiary/aromatic N) is 2. The Morgan fingerprint density at radius 2 is 1.58 bits per heavy atom. The standard InChI is InChI=1S/C17H27N2.C10H12O.CH3.HI.Ru/c1-16(2,3)14-9-7-8-10-15(14)18-11-12-19(13-18)17(4,5)6;1-8(2)11-10-7-5-4-6-9(10)3;;;/h7-10,13H,11-12H2,1-6H3;3-8H,1-2H3;1H3;1H;/q-1;;-1;;+1. The summed E-state index contributed by atoms with van der Waals surface area (Å²) in [6, 6.07) is 17.1. The summed E-state index contributed by atoms with van der Waals surface area (Å²) in [5.74, 6) is 1.13. The zero-order valence-corrected chi connectivity index (χ0v) is 25.7. The molecule has 0 atom stereocenters. The zero-order valence-electron chi connectivity index (χ0n) is 21.8. The van der Waals surface area contributed by atoms with Crippen LogP contribution in [-0.2, 0) is 18.6 Å². The maximum atomic E-state index is 4.56. The largest absolute Gasteiger partial charge is 0.358 e. The van der Waals surface area contributed by atoms with E-state index in [1.807, 2.05) is 6.07 Å². The van der Waals surface area contributed by atoms with Gasteiger partial charge in [-0.1, -0.05) is 39.0 Å². The van der Waals surface area contributed by atoms with Gasteiger partial charge in [0.2, 0.25) is 0 Å². The quantitative estimate of drug-likeness (QED) is 0.149. The van der Waals surface area contributed by atoms with Gasteiger partial charge in [-0.2, -0.15) is 6.67 Å². The summed E-state index contributed by atoms with van der Waals surface area (Å²) in [6.07, 6.45) is 0.375. The molecule has 1 saturated heterocycles. The molecule has 1 aliphatic heterocycles. The summed E-state index contributed by atoms with van der Waals surface area (Å²) in [5.41, 5.74) is 4.43. The van der Waals surface area contributed by atoms with Gasteiger partial charge in [0, 0.05) is 12.2 Å². The van der Waals surface area contributed by atoms with E-state index in [1.54, 1.807) is 0 Å². The SMILES string of the molecule is CC(C)(C)c1ccccc1N1[CH-]N(C(C)(C)C)CC1.CC(C)[OH+]c1ccccc1[CH]=[Ru][I].[CH3-]. The molecule has 5 heteroatoms. The molecular formula is C28H43IN2ORu-. The number of halogens is 1. The molecule has 0 aromatic heterocycles. The van der Waals surface area contributed by atoms with Gasteiger partial charge in [0.25, 0.3) is 0 Å². The smallest absolute Gasteiger partial charge is 0.358 e. The van der Waals surface area contributed by atoms with Gasteiger partial charge in [-0.3, -0.25) is 0 Å². The molecule has 0 spiro atoms. The monoisotopic (exact) mass is 652 g/mol. The number of rotatable bonds is 4. The predicted molar refractivity (Wildman–Crippen MR) is 152 cm³/mol. The number of para-hydroxylation sites is 2. The van der Waals surface area contributed by atoms with Crippen LogP contribution in [0.25, 0.3) is 0 Å². The maximum absolute atomic E-state index is 4.56. The average Bonchev–Trinajstić information content (AvgIpc) is 3.20. The van der Waals surface area contributed by atoms with Gasteiger partial charge in [-0.15, -0.1) is 0 Å². The minimum Gasteiger partial charge on any atom is -0.358 e. The van der Waals surface area contributed by atoms with Gasteiger partial charge in [0.15, 0.2) is 0 Å². The first-order chi connectivity index (χ1) is 14.9. The van der Waals surface area contributed by atoms with Gasteiger partial charge in [-0.25, -0.2) is 0 Å². The third-order valence-electron chi connectivity index (χ3n) is 5.23. The molecule has 1 N–H and O–H groups in total. The molecule has 187 valence electrons. The third-order valence-corrected chi connectivity index (χ3v) is 7.26. The summed E-state index contributed by atoms with van der Waals surface area (Å²) in [5, 5.41) is 0. The Labute approximate surface area is 221 Å². The topological polar surface area (TPSA) is 19.3 Å². The van der Waals surface area contributed by atoms with Gasteiger partial charge in [0.05, 0.1) is 0 Å². The molecule has 2 aromatic rings. The fourth-order valence-corrected chi connectivity index (χ4v) is 5.59. The molecule has 0 aliphatic carbocycles. The summed E-state index contributed by atoms with van der Waals surface area (Å²) in [7, 11) is 0. The number of aromatic hydroxyl groups is 1. The summed E-state index contributed by atoms with van der Waals surface area (Å²) < 4.78 is 6.84. The molecule has 1 fully saturated rings. The van der Waals surface area contributed by atoms with Crippen LogP contribution in [0, 0.1) is 14.1 Å². The Bertz CT molecular complexity index is 884. The van der Waals surface area contributed by atoms with Crippen LogP contribution in [0.1, 0.15) is 66.5 Å². The molecule has 33 heavy (non-hydrogen) atoms. The van der Waals surface area contributed by atoms with Gasteiger partial charge in [-0.05, 0) is 49.9 Å². The molecule has 1 heterocycles. The number of benzene rings is 2. The van der Waals surface area contributed by atoms with Crippen LogP contribution >= 0.6 is 19.8 Å². The molecule has 0 saturated carbocycles. The molecule has 1 aliphatic rings. The fourth-order valence-electron chi connectivity index (χ4n) is 3.56. The molecular weight excluding hydrogens is 608 g/mol. The van der Waals surface area contributed by atoms with Crippen molar-refractivity contribution in [3.63, 3.8) is 0 Å². The van der Waals surface area contributed by atoms with E-state index in [9.17, 15) is 0 Å². The molecule has 3 rings (SSSR count). The number of hydrogen-bond acceptors (Lipinski definition) is 2. The Kier molecular flexibility index (Phi) is 12.2. The van der Waals surface area contributed by atoms with E-state index in [-0.39, 0.29) is 18.4 Å². The third kappa shape index (κ3) is 9.41. The van der Waals surface area contributed by atoms with Crippen LogP contribution in [0.3, 0.4) is 0 Å². The molecule has 3 nitrogen and oxygen atoms in total. The van der Waals surface area contributed by atoms with E-state index in [0.717, 1.165) is 18.8 Å². The average molecular weight is 652 g/mol. The van der Waals surface area contributed by atoms with Crippen molar-refractivity contribution in [2.24, 2.45) is 0 Å². The van der Waals surface area contributed by atoms with Gasteiger partial charge in [0.1, 0.15) is 0 Å². The van der Waals surface area contributed by atoms with Crippen molar-refractivity contribution in [1.29, 1.82) is 0 Å². The second kappa shape index (κ2) is 13.3. The Balaban J connectivity index is 0.000000343. The first-order valence-electron chi connectivity index (χ1n) is 11.3. The minimum atomic E-state index is 0. The van der Waals surface area contributed by atoms with E-state index >= 15 is 0 Å².